The van der Waals surface area contributed by atoms with E-state index in [1.807, 2.05) is 30.3 Å². The molecule has 0 fully saturated rings. The van der Waals surface area contributed by atoms with E-state index in [1.54, 1.807) is 30.5 Å². The lowest BCUT2D eigenvalue weighted by Crippen LogP contribution is -2.16. The Kier molecular flexibility index (Phi) is 5.56. The van der Waals surface area contributed by atoms with Gasteiger partial charge in [-0.2, -0.15) is 0 Å². The van der Waals surface area contributed by atoms with Crippen LogP contribution in [0.3, 0.4) is 0 Å². The van der Waals surface area contributed by atoms with Gasteiger partial charge in [0.15, 0.2) is 11.7 Å². The van der Waals surface area contributed by atoms with Gasteiger partial charge in [-0.05, 0) is 12.1 Å². The highest BCUT2D eigenvalue weighted by molar-refractivity contribution is 7.92. The number of anilines is 2. The molecule has 1 aromatic heterocycles. The van der Waals surface area contributed by atoms with E-state index < -0.39 is 10.0 Å². The van der Waals surface area contributed by atoms with Gasteiger partial charge in [0.05, 0.1) is 23.8 Å². The Morgan fingerprint density at radius 2 is 1.70 bits per heavy atom. The molecular weight excluding hydrogens is 366 g/mol. The van der Waals surface area contributed by atoms with Crippen LogP contribution in [0.4, 0.5) is 11.4 Å². The molecule has 3 rings (SSSR count). The summed E-state index contributed by atoms with van der Waals surface area (Å²) in [6.07, 6.45) is 3.18. The number of para-hydroxylation sites is 2. The van der Waals surface area contributed by atoms with Crippen molar-refractivity contribution in [3.63, 3.8) is 0 Å². The molecule has 0 saturated carbocycles. The van der Waals surface area contributed by atoms with Crippen LogP contribution >= 0.6 is 0 Å². The fourth-order valence-electron chi connectivity index (χ4n) is 2.48. The average Bonchev–Trinajstić information content (AvgIpc) is 3.10. The van der Waals surface area contributed by atoms with Gasteiger partial charge in [0.2, 0.25) is 15.9 Å². The van der Waals surface area contributed by atoms with E-state index >= 15 is 0 Å². The highest BCUT2D eigenvalue weighted by atomic mass is 32.2. The van der Waals surface area contributed by atoms with E-state index in [-0.39, 0.29) is 12.3 Å². The van der Waals surface area contributed by atoms with Crippen LogP contribution in [-0.2, 0) is 21.2 Å². The number of carbonyl (C=O) groups is 1. The number of carbonyl (C=O) groups excluding carboxylic acids is 1. The number of nitrogens with one attached hydrogen (secondary N) is 2. The summed E-state index contributed by atoms with van der Waals surface area (Å²) in [5.74, 6) is 0.845. The quantitative estimate of drug-likeness (QED) is 0.650. The molecule has 1 heterocycles. The fraction of sp³-hybridized carbons (Fsp3) is 0.158. The summed E-state index contributed by atoms with van der Waals surface area (Å²) in [5, 5.41) is 2.71. The van der Waals surface area contributed by atoms with Crippen molar-refractivity contribution in [1.82, 2.24) is 4.98 Å². The second-order valence-electron chi connectivity index (χ2n) is 5.95. The minimum absolute atomic E-state index is 0.155. The van der Waals surface area contributed by atoms with Gasteiger partial charge in [0.25, 0.3) is 0 Å². The average molecular weight is 385 g/mol. The van der Waals surface area contributed by atoms with E-state index in [0.29, 0.717) is 29.4 Å². The number of oxazole rings is 1. The lowest BCUT2D eigenvalue weighted by atomic mass is 10.2. The van der Waals surface area contributed by atoms with E-state index in [4.69, 9.17) is 4.42 Å². The number of aromatic nitrogens is 1. The van der Waals surface area contributed by atoms with Crippen molar-refractivity contribution in [3.05, 3.63) is 66.7 Å². The predicted octanol–water partition coefficient (Wildman–Crippen LogP) is 3.28. The third kappa shape index (κ3) is 5.42. The summed E-state index contributed by atoms with van der Waals surface area (Å²) in [4.78, 5) is 16.4. The number of benzene rings is 2. The van der Waals surface area contributed by atoms with Crippen molar-refractivity contribution >= 4 is 27.3 Å². The Bertz CT molecular complexity index is 1030. The molecule has 0 spiro atoms. The first kappa shape index (κ1) is 18.7. The van der Waals surface area contributed by atoms with Gasteiger partial charge in [-0.15, -0.1) is 0 Å². The number of nitrogens with zero attached hydrogens (tertiary/aromatic N) is 1. The molecule has 140 valence electrons. The van der Waals surface area contributed by atoms with Crippen LogP contribution in [0.2, 0.25) is 0 Å². The summed E-state index contributed by atoms with van der Waals surface area (Å²) in [5.41, 5.74) is 1.63. The number of rotatable bonds is 7. The number of aryl methyl sites for hydroxylation is 1. The van der Waals surface area contributed by atoms with Crippen LogP contribution in [0.15, 0.2) is 65.2 Å². The first-order valence-electron chi connectivity index (χ1n) is 8.27. The van der Waals surface area contributed by atoms with Crippen LogP contribution in [0, 0.1) is 0 Å². The molecule has 7 nitrogen and oxygen atoms in total. The lowest BCUT2D eigenvalue weighted by Gasteiger charge is -2.11. The number of sulfonamides is 1. The van der Waals surface area contributed by atoms with E-state index in [2.05, 4.69) is 15.0 Å². The van der Waals surface area contributed by atoms with Gasteiger partial charge < -0.3 is 9.73 Å². The molecule has 0 aliphatic carbocycles. The van der Waals surface area contributed by atoms with Crippen molar-refractivity contribution < 1.29 is 17.6 Å². The summed E-state index contributed by atoms with van der Waals surface area (Å²) in [6.45, 7) is 0. The fourth-order valence-corrected chi connectivity index (χ4v) is 3.05. The molecule has 8 heteroatoms. The zero-order valence-electron chi connectivity index (χ0n) is 14.7. The monoisotopic (exact) mass is 385 g/mol. The van der Waals surface area contributed by atoms with E-state index in [0.717, 1.165) is 11.8 Å². The third-order valence-corrected chi connectivity index (χ3v) is 4.27. The molecular formula is C19H19N3O4S. The van der Waals surface area contributed by atoms with Gasteiger partial charge in [-0.3, -0.25) is 9.52 Å². The Morgan fingerprint density at radius 3 is 2.41 bits per heavy atom. The smallest absolute Gasteiger partial charge is 0.229 e. The van der Waals surface area contributed by atoms with Crippen LogP contribution in [-0.4, -0.2) is 25.6 Å². The van der Waals surface area contributed by atoms with Gasteiger partial charge in [0.1, 0.15) is 0 Å². The predicted molar refractivity (Wildman–Crippen MR) is 104 cm³/mol. The first-order valence-corrected chi connectivity index (χ1v) is 10.2. The Balaban J connectivity index is 1.60. The molecule has 2 N–H and O–H groups in total. The third-order valence-electron chi connectivity index (χ3n) is 3.67. The van der Waals surface area contributed by atoms with Gasteiger partial charge in [-0.25, -0.2) is 13.4 Å². The van der Waals surface area contributed by atoms with Crippen molar-refractivity contribution in [3.8, 4) is 11.3 Å². The minimum Gasteiger partial charge on any atom is -0.441 e. The zero-order chi connectivity index (χ0) is 19.3. The highest BCUT2D eigenvalue weighted by Crippen LogP contribution is 2.23. The molecule has 1 amide bonds. The molecule has 0 aliphatic rings. The number of amides is 1. The topological polar surface area (TPSA) is 101 Å². The molecule has 0 saturated heterocycles. The molecule has 0 bridgehead atoms. The van der Waals surface area contributed by atoms with Crippen LogP contribution < -0.4 is 10.0 Å². The van der Waals surface area contributed by atoms with Gasteiger partial charge >= 0.3 is 0 Å². The molecule has 3 aromatic rings. The zero-order valence-corrected chi connectivity index (χ0v) is 15.5. The molecule has 0 radical (unpaired) electrons. The van der Waals surface area contributed by atoms with Crippen molar-refractivity contribution in [2.45, 2.75) is 12.8 Å². The van der Waals surface area contributed by atoms with Crippen LogP contribution in [0.1, 0.15) is 12.3 Å². The van der Waals surface area contributed by atoms with Crippen LogP contribution in [0.25, 0.3) is 11.3 Å². The van der Waals surface area contributed by atoms with Crippen molar-refractivity contribution in [2.24, 2.45) is 0 Å². The van der Waals surface area contributed by atoms with Crippen molar-refractivity contribution in [1.29, 1.82) is 0 Å². The van der Waals surface area contributed by atoms with Crippen molar-refractivity contribution in [2.75, 3.05) is 16.3 Å². The largest absolute Gasteiger partial charge is 0.441 e. The molecule has 0 atom stereocenters. The summed E-state index contributed by atoms with van der Waals surface area (Å²) < 4.78 is 30.9. The normalized spacial score (nSPS) is 11.1. The molecule has 2 aromatic carbocycles. The van der Waals surface area contributed by atoms with Gasteiger partial charge in [-0.1, -0.05) is 42.5 Å². The van der Waals surface area contributed by atoms with E-state index in [1.165, 1.54) is 0 Å². The summed E-state index contributed by atoms with van der Waals surface area (Å²) in [6, 6.07) is 16.2. The summed E-state index contributed by atoms with van der Waals surface area (Å²) >= 11 is 0. The Hall–Kier alpha value is -3.13. The second kappa shape index (κ2) is 8.05. The number of hydrogen-bond donors (Lipinski definition) is 2. The van der Waals surface area contributed by atoms with E-state index in [9.17, 15) is 13.2 Å². The minimum atomic E-state index is -3.44. The highest BCUT2D eigenvalue weighted by Gasteiger charge is 2.12. The second-order valence-corrected chi connectivity index (χ2v) is 7.70. The molecule has 0 aliphatic heterocycles. The maximum Gasteiger partial charge on any atom is 0.229 e. The maximum absolute atomic E-state index is 12.2. The maximum atomic E-state index is 12.2. The van der Waals surface area contributed by atoms with Crippen LogP contribution in [0.5, 0.6) is 0 Å². The number of hydrogen-bond acceptors (Lipinski definition) is 5. The Labute approximate surface area is 157 Å². The Morgan fingerprint density at radius 1 is 1.04 bits per heavy atom. The van der Waals surface area contributed by atoms with Gasteiger partial charge in [0, 0.05) is 18.4 Å². The standard InChI is InChI=1S/C19H19N3O4S/c1-27(24,25)22-16-10-6-5-9-15(16)21-18(23)11-12-19-20-13-17(26-19)14-7-3-2-4-8-14/h2-10,13,22H,11-12H2,1H3,(H,21,23). The SMILES string of the molecule is CS(=O)(=O)Nc1ccccc1NC(=O)CCc1ncc(-c2ccccc2)o1. The molecule has 27 heavy (non-hydrogen) atoms. The lowest BCUT2D eigenvalue weighted by molar-refractivity contribution is -0.116. The first-order chi connectivity index (χ1) is 12.9. The summed E-state index contributed by atoms with van der Waals surface area (Å²) in [7, 11) is -3.44. The molecule has 0 unspecified atom stereocenters.